The lowest BCUT2D eigenvalue weighted by molar-refractivity contribution is -0.119. The second kappa shape index (κ2) is 11.0. The second-order valence-corrected chi connectivity index (χ2v) is 11.4. The second-order valence-electron chi connectivity index (χ2n) is 11.4. The van der Waals surface area contributed by atoms with E-state index >= 15 is 8.78 Å². The highest BCUT2D eigenvalue weighted by molar-refractivity contribution is 5.97. The summed E-state index contributed by atoms with van der Waals surface area (Å²) in [6.07, 6.45) is 0.667. The summed E-state index contributed by atoms with van der Waals surface area (Å²) in [5.74, 6) is -2.71. The van der Waals surface area contributed by atoms with Crippen molar-refractivity contribution in [1.29, 1.82) is 0 Å². The molecule has 3 atom stereocenters. The number of amides is 2. The van der Waals surface area contributed by atoms with Crippen LogP contribution in [0.1, 0.15) is 36.7 Å². The van der Waals surface area contributed by atoms with Crippen molar-refractivity contribution in [2.24, 2.45) is 0 Å². The Hall–Kier alpha value is -4.88. The topological polar surface area (TPSA) is 134 Å². The normalized spacial score (nSPS) is 20.9. The van der Waals surface area contributed by atoms with E-state index in [4.69, 9.17) is 9.47 Å². The van der Waals surface area contributed by atoms with E-state index in [0.717, 1.165) is 6.07 Å². The summed E-state index contributed by atoms with van der Waals surface area (Å²) in [5, 5.41) is 12.1. The summed E-state index contributed by atoms with van der Waals surface area (Å²) in [5.41, 5.74) is -0.0856. The molecule has 2 saturated heterocycles. The van der Waals surface area contributed by atoms with Crippen molar-refractivity contribution in [2.45, 2.75) is 38.5 Å². The van der Waals surface area contributed by atoms with Crippen LogP contribution < -0.4 is 30.2 Å². The summed E-state index contributed by atoms with van der Waals surface area (Å²) < 4.78 is 44.0. The SMILES string of the molecule is CC(=O)NC[C@H]1CN(c2ccc(N(C)[C@H]3CCN(c4c(F)cc5c(=O)c(C(=O)O)cn6c5c4OC[C@H]6C)C3)c(F)c2)C(=O)O1. The minimum Gasteiger partial charge on any atom is -0.487 e. The largest absolute Gasteiger partial charge is 0.487 e. The first-order valence-electron chi connectivity index (χ1n) is 14.2. The molecular formula is C30H31F2N5O7. The smallest absolute Gasteiger partial charge is 0.414 e. The molecule has 2 fully saturated rings. The van der Waals surface area contributed by atoms with Crippen molar-refractivity contribution in [1.82, 2.24) is 9.88 Å². The van der Waals surface area contributed by atoms with Gasteiger partial charge in [-0.2, -0.15) is 0 Å². The van der Waals surface area contributed by atoms with Gasteiger partial charge in [0.15, 0.2) is 11.6 Å². The molecule has 14 heteroatoms. The van der Waals surface area contributed by atoms with Crippen LogP contribution >= 0.6 is 0 Å². The number of likely N-dealkylation sites (N-methyl/N-ethyl adjacent to an activating group) is 1. The number of carbonyl (C=O) groups is 3. The first-order chi connectivity index (χ1) is 20.9. The van der Waals surface area contributed by atoms with Crippen LogP contribution in [0.15, 0.2) is 35.3 Å². The monoisotopic (exact) mass is 611 g/mol. The van der Waals surface area contributed by atoms with Crippen molar-refractivity contribution in [3.63, 3.8) is 0 Å². The lowest BCUT2D eigenvalue weighted by Gasteiger charge is -2.32. The van der Waals surface area contributed by atoms with Crippen molar-refractivity contribution in [3.8, 4) is 5.75 Å². The van der Waals surface area contributed by atoms with E-state index in [0.29, 0.717) is 36.4 Å². The first-order valence-corrected chi connectivity index (χ1v) is 14.2. The third kappa shape index (κ3) is 4.93. The number of pyridine rings is 1. The van der Waals surface area contributed by atoms with E-state index in [1.807, 2.05) is 6.92 Å². The minimum atomic E-state index is -1.39. The van der Waals surface area contributed by atoms with Gasteiger partial charge in [-0.3, -0.25) is 14.5 Å². The number of aromatic carboxylic acids is 1. The molecule has 2 N–H and O–H groups in total. The number of anilines is 3. The number of carboxylic acids is 1. The van der Waals surface area contributed by atoms with Crippen LogP contribution in [0, 0.1) is 11.6 Å². The van der Waals surface area contributed by atoms with Gasteiger partial charge in [-0.15, -0.1) is 0 Å². The van der Waals surface area contributed by atoms with Crippen LogP contribution in [0.3, 0.4) is 0 Å². The van der Waals surface area contributed by atoms with Gasteiger partial charge in [0.05, 0.1) is 41.4 Å². The Morgan fingerprint density at radius 2 is 1.93 bits per heavy atom. The van der Waals surface area contributed by atoms with Gasteiger partial charge in [-0.1, -0.05) is 0 Å². The summed E-state index contributed by atoms with van der Waals surface area (Å²) >= 11 is 0. The Morgan fingerprint density at radius 1 is 1.16 bits per heavy atom. The van der Waals surface area contributed by atoms with E-state index in [9.17, 15) is 24.3 Å². The summed E-state index contributed by atoms with van der Waals surface area (Å²) in [4.78, 5) is 53.0. The summed E-state index contributed by atoms with van der Waals surface area (Å²) in [6.45, 7) is 4.42. The highest BCUT2D eigenvalue weighted by Gasteiger charge is 2.36. The minimum absolute atomic E-state index is 0.0638. The number of halogens is 2. The highest BCUT2D eigenvalue weighted by Crippen LogP contribution is 2.43. The molecule has 0 saturated carbocycles. The number of nitrogens with zero attached hydrogens (tertiary/aromatic N) is 4. The Bertz CT molecular complexity index is 1760. The number of hydrogen-bond donors (Lipinski definition) is 2. The number of cyclic esters (lactones) is 1. The number of aromatic nitrogens is 1. The quantitative estimate of drug-likeness (QED) is 0.414. The van der Waals surface area contributed by atoms with Crippen LogP contribution in [-0.2, 0) is 9.53 Å². The Morgan fingerprint density at radius 3 is 2.64 bits per heavy atom. The molecule has 0 spiro atoms. The maximum Gasteiger partial charge on any atom is 0.414 e. The van der Waals surface area contributed by atoms with Crippen molar-refractivity contribution >= 4 is 45.9 Å². The summed E-state index contributed by atoms with van der Waals surface area (Å²) in [7, 11) is 1.74. The van der Waals surface area contributed by atoms with Crippen LogP contribution in [0.4, 0.5) is 30.6 Å². The van der Waals surface area contributed by atoms with Crippen LogP contribution in [-0.4, -0.2) is 79.6 Å². The predicted octanol–water partition coefficient (Wildman–Crippen LogP) is 3.11. The summed E-state index contributed by atoms with van der Waals surface area (Å²) in [6, 6.07) is 5.03. The molecule has 1 aromatic heterocycles. The first kappa shape index (κ1) is 29.2. The number of nitrogens with one attached hydrogen (secondary N) is 1. The lowest BCUT2D eigenvalue weighted by atomic mass is 10.1. The molecule has 4 heterocycles. The molecule has 0 aliphatic carbocycles. The van der Waals surface area contributed by atoms with E-state index < -0.39 is 40.8 Å². The molecule has 0 radical (unpaired) electrons. The molecule has 0 unspecified atom stereocenters. The van der Waals surface area contributed by atoms with Crippen LogP contribution in [0.5, 0.6) is 5.75 Å². The number of ether oxygens (including phenoxy) is 2. The number of rotatable bonds is 7. The molecule has 3 aliphatic heterocycles. The zero-order valence-corrected chi connectivity index (χ0v) is 24.3. The van der Waals surface area contributed by atoms with Gasteiger partial charge in [0.25, 0.3) is 0 Å². The van der Waals surface area contributed by atoms with E-state index in [2.05, 4.69) is 5.32 Å². The van der Waals surface area contributed by atoms with Crippen LogP contribution in [0.25, 0.3) is 10.9 Å². The lowest BCUT2D eigenvalue weighted by Crippen LogP contribution is -2.36. The third-order valence-electron chi connectivity index (χ3n) is 8.48. The van der Waals surface area contributed by atoms with Crippen molar-refractivity contribution in [2.75, 3.05) is 54.5 Å². The molecule has 44 heavy (non-hydrogen) atoms. The van der Waals surface area contributed by atoms with E-state index in [-0.39, 0.29) is 54.5 Å². The predicted molar refractivity (Wildman–Crippen MR) is 157 cm³/mol. The molecule has 2 aromatic carbocycles. The molecule has 3 aromatic rings. The Labute approximate surface area is 250 Å². The van der Waals surface area contributed by atoms with Gasteiger partial charge < -0.3 is 34.3 Å². The zero-order chi connectivity index (χ0) is 31.4. The zero-order valence-electron chi connectivity index (χ0n) is 24.3. The molecule has 3 aliphatic rings. The van der Waals surface area contributed by atoms with Gasteiger partial charge in [-0.05, 0) is 37.6 Å². The fourth-order valence-corrected chi connectivity index (χ4v) is 6.16. The van der Waals surface area contributed by atoms with Gasteiger partial charge in [0.1, 0.15) is 29.8 Å². The van der Waals surface area contributed by atoms with E-state index in [1.165, 1.54) is 24.1 Å². The number of carbonyl (C=O) groups excluding carboxylic acids is 2. The van der Waals surface area contributed by atoms with Crippen molar-refractivity contribution in [3.05, 3.63) is 57.9 Å². The van der Waals surface area contributed by atoms with Gasteiger partial charge in [0.2, 0.25) is 11.3 Å². The fourth-order valence-electron chi connectivity index (χ4n) is 6.16. The molecule has 6 rings (SSSR count). The standard InChI is InChI=1S/C30H31F2N5O7/c1-15-14-43-28-25-20(27(39)21(29(40)41)13-36(15)25)9-23(32)26(28)35-7-6-18(11-35)34(3)24-5-4-17(8-22(24)31)37-12-19(44-30(37)42)10-33-16(2)38/h4-5,8-9,13,15,18-19H,6-7,10-12,14H2,1-3H3,(H,33,38)(H,40,41)/t15-,18+,19+/m1/s1. The van der Waals surface area contributed by atoms with Gasteiger partial charge >= 0.3 is 12.1 Å². The molecule has 232 valence electrons. The molecule has 12 nitrogen and oxygen atoms in total. The molecule has 0 bridgehead atoms. The number of carboxylic acid groups (broad SMARTS) is 1. The van der Waals surface area contributed by atoms with Crippen LogP contribution in [0.2, 0.25) is 0 Å². The Kier molecular flexibility index (Phi) is 7.30. The Balaban J connectivity index is 1.24. The molecule has 2 amide bonds. The van der Waals surface area contributed by atoms with Crippen molar-refractivity contribution < 1.29 is 37.7 Å². The average Bonchev–Trinajstić information content (AvgIpc) is 3.61. The average molecular weight is 612 g/mol. The van der Waals surface area contributed by atoms with Gasteiger partial charge in [-0.25, -0.2) is 18.4 Å². The van der Waals surface area contributed by atoms with Gasteiger partial charge in [0, 0.05) is 39.3 Å². The number of hydrogen-bond acceptors (Lipinski definition) is 8. The number of benzene rings is 2. The maximum absolute atomic E-state index is 15.7. The fraction of sp³-hybridized carbons (Fsp3) is 0.400. The highest BCUT2D eigenvalue weighted by atomic mass is 19.1. The molecular weight excluding hydrogens is 580 g/mol. The third-order valence-corrected chi connectivity index (χ3v) is 8.48. The maximum atomic E-state index is 15.7. The van der Waals surface area contributed by atoms with E-state index in [1.54, 1.807) is 33.5 Å².